The van der Waals surface area contributed by atoms with Gasteiger partial charge in [-0.3, -0.25) is 4.84 Å². The van der Waals surface area contributed by atoms with Gasteiger partial charge in [-0.15, -0.1) is 4.73 Å². The van der Waals surface area contributed by atoms with Crippen LogP contribution in [-0.4, -0.2) is 81.1 Å². The molecule has 1 aromatic heterocycles. The van der Waals surface area contributed by atoms with Crippen molar-refractivity contribution in [3.63, 3.8) is 0 Å². The minimum Gasteiger partial charge on any atom is -0.492 e. The second kappa shape index (κ2) is 11.5. The predicted molar refractivity (Wildman–Crippen MR) is 80.0 cm³/mol. The number of rotatable bonds is 12. The number of hydrogen-bond donors (Lipinski definition) is 2. The van der Waals surface area contributed by atoms with E-state index in [0.29, 0.717) is 31.2 Å². The third-order valence-corrected chi connectivity index (χ3v) is 2.73. The van der Waals surface area contributed by atoms with E-state index in [9.17, 15) is 15.0 Å². The zero-order chi connectivity index (χ0) is 17.8. The minimum atomic E-state index is -1.12. The molecule has 1 heterocycles. The van der Waals surface area contributed by atoms with Crippen molar-refractivity contribution >= 4 is 6.16 Å². The summed E-state index contributed by atoms with van der Waals surface area (Å²) in [6.45, 7) is 1.52. The number of nitrogens with zero attached hydrogens (tertiary/aromatic N) is 1. The van der Waals surface area contributed by atoms with Gasteiger partial charge in [0.2, 0.25) is 11.8 Å². The number of aromatic hydroxyl groups is 2. The molecule has 138 valence electrons. The first-order valence-corrected chi connectivity index (χ1v) is 7.20. The topological polar surface area (TPSA) is 118 Å². The highest BCUT2D eigenvalue weighted by Gasteiger charge is 2.17. The van der Waals surface area contributed by atoms with Crippen molar-refractivity contribution in [1.82, 2.24) is 4.73 Å². The maximum Gasteiger partial charge on any atom is 0.534 e. The molecule has 0 radical (unpaired) electrons. The third-order valence-electron chi connectivity index (χ3n) is 2.73. The van der Waals surface area contributed by atoms with Gasteiger partial charge in [0.15, 0.2) is 0 Å². The highest BCUT2D eigenvalue weighted by atomic mass is 16.8. The largest absolute Gasteiger partial charge is 0.534 e. The molecule has 1 atom stereocenters. The fourth-order valence-electron chi connectivity index (χ4n) is 1.56. The van der Waals surface area contributed by atoms with E-state index in [2.05, 4.69) is 4.84 Å². The lowest BCUT2D eigenvalue weighted by atomic mass is 10.4. The van der Waals surface area contributed by atoms with Crippen LogP contribution in [0.3, 0.4) is 0 Å². The Kier molecular flexibility index (Phi) is 9.61. The number of carbonyl (C=O) groups excluding carboxylic acids is 1. The van der Waals surface area contributed by atoms with Crippen molar-refractivity contribution in [2.45, 2.75) is 6.10 Å². The zero-order valence-electron chi connectivity index (χ0n) is 13.7. The van der Waals surface area contributed by atoms with E-state index in [1.807, 2.05) is 0 Å². The van der Waals surface area contributed by atoms with Gasteiger partial charge >= 0.3 is 6.16 Å². The van der Waals surface area contributed by atoms with Gasteiger partial charge in [-0.25, -0.2) is 4.79 Å². The first-order valence-electron chi connectivity index (χ1n) is 7.20. The predicted octanol–water partition coefficient (Wildman–Crippen LogP) is 0.159. The molecule has 24 heavy (non-hydrogen) atoms. The van der Waals surface area contributed by atoms with Crippen molar-refractivity contribution in [3.8, 4) is 11.8 Å². The standard InChI is InChI=1S/C14H23NO9/c1-19-5-7-21-9-11(22-8-6-20-2)10-23-14(18)24-15-12(16)3-4-13(15)17/h3-4,11,16-17H,5-10H2,1-2H3. The van der Waals surface area contributed by atoms with Crippen LogP contribution in [0.5, 0.6) is 11.8 Å². The average Bonchev–Trinajstić information content (AvgIpc) is 2.88. The number of hydrogen-bond acceptors (Lipinski definition) is 9. The van der Waals surface area contributed by atoms with Crippen LogP contribution in [0.1, 0.15) is 0 Å². The van der Waals surface area contributed by atoms with E-state index in [4.69, 9.17) is 23.7 Å². The Morgan fingerprint density at radius 1 is 1.04 bits per heavy atom. The molecule has 0 saturated heterocycles. The minimum absolute atomic E-state index is 0.141. The molecule has 10 nitrogen and oxygen atoms in total. The van der Waals surface area contributed by atoms with Crippen molar-refractivity contribution in [1.29, 1.82) is 0 Å². The fraction of sp³-hybridized carbons (Fsp3) is 0.643. The van der Waals surface area contributed by atoms with Crippen molar-refractivity contribution in [2.75, 3.05) is 53.9 Å². The smallest absolute Gasteiger partial charge is 0.492 e. The highest BCUT2D eigenvalue weighted by Crippen LogP contribution is 2.18. The van der Waals surface area contributed by atoms with E-state index in [1.165, 1.54) is 7.11 Å². The summed E-state index contributed by atoms with van der Waals surface area (Å²) in [4.78, 5) is 16.2. The average molecular weight is 349 g/mol. The normalized spacial score (nSPS) is 12.1. The first-order chi connectivity index (χ1) is 11.6. The number of ether oxygens (including phenoxy) is 5. The SMILES string of the molecule is COCCOCC(COC(=O)On1c(O)ccc1O)OCCOC. The molecular formula is C14H23NO9. The fourth-order valence-corrected chi connectivity index (χ4v) is 1.56. The third kappa shape index (κ3) is 7.51. The molecule has 0 aliphatic carbocycles. The summed E-state index contributed by atoms with van der Waals surface area (Å²) >= 11 is 0. The summed E-state index contributed by atoms with van der Waals surface area (Å²) in [5.74, 6) is -0.888. The lowest BCUT2D eigenvalue weighted by Crippen LogP contribution is -2.31. The highest BCUT2D eigenvalue weighted by molar-refractivity contribution is 5.60. The number of carbonyl (C=O) groups is 1. The molecule has 2 N–H and O–H groups in total. The van der Waals surface area contributed by atoms with Gasteiger partial charge < -0.3 is 33.9 Å². The molecule has 0 aliphatic rings. The summed E-state index contributed by atoms with van der Waals surface area (Å²) in [5.41, 5.74) is 0. The Hall–Kier alpha value is -2.01. The molecule has 1 rings (SSSR count). The molecule has 0 bridgehead atoms. The molecule has 1 unspecified atom stereocenters. The van der Waals surface area contributed by atoms with Gasteiger partial charge in [0, 0.05) is 26.4 Å². The molecule has 1 aromatic rings. The van der Waals surface area contributed by atoms with Gasteiger partial charge in [0.25, 0.3) is 0 Å². The van der Waals surface area contributed by atoms with Crippen LogP contribution in [0.25, 0.3) is 0 Å². The molecular weight excluding hydrogens is 326 g/mol. The molecule has 10 heteroatoms. The van der Waals surface area contributed by atoms with E-state index in [0.717, 1.165) is 12.1 Å². The lowest BCUT2D eigenvalue weighted by molar-refractivity contribution is -0.0710. The van der Waals surface area contributed by atoms with E-state index in [-0.39, 0.29) is 13.2 Å². The Bertz CT molecular complexity index is 457. The number of aromatic nitrogens is 1. The maximum atomic E-state index is 11.6. The van der Waals surface area contributed by atoms with Crippen LogP contribution in [0, 0.1) is 0 Å². The van der Waals surface area contributed by atoms with Gasteiger partial charge in [-0.1, -0.05) is 0 Å². The molecule has 0 aliphatic heterocycles. The molecule has 0 fully saturated rings. The molecule has 0 spiro atoms. The Morgan fingerprint density at radius 2 is 1.67 bits per heavy atom. The lowest BCUT2D eigenvalue weighted by Gasteiger charge is -2.18. The number of methoxy groups -OCH3 is 2. The zero-order valence-corrected chi connectivity index (χ0v) is 13.7. The second-order valence-corrected chi connectivity index (χ2v) is 4.55. The van der Waals surface area contributed by atoms with Gasteiger partial charge in [0.05, 0.1) is 33.0 Å². The summed E-state index contributed by atoms with van der Waals surface area (Å²) in [5, 5.41) is 18.7. The molecule has 0 amide bonds. The summed E-state index contributed by atoms with van der Waals surface area (Å²) < 4.78 is 26.0. The van der Waals surface area contributed by atoms with Crippen LogP contribution < -0.4 is 4.84 Å². The van der Waals surface area contributed by atoms with Crippen molar-refractivity contribution in [2.24, 2.45) is 0 Å². The maximum absolute atomic E-state index is 11.6. The van der Waals surface area contributed by atoms with Crippen LogP contribution >= 0.6 is 0 Å². The summed E-state index contributed by atoms with van der Waals surface area (Å²) in [6, 6.07) is 2.31. The summed E-state index contributed by atoms with van der Waals surface area (Å²) in [6.07, 6.45) is -1.65. The van der Waals surface area contributed by atoms with E-state index >= 15 is 0 Å². The quantitative estimate of drug-likeness (QED) is 0.402. The monoisotopic (exact) mass is 349 g/mol. The first kappa shape index (κ1) is 20.0. The van der Waals surface area contributed by atoms with E-state index < -0.39 is 24.0 Å². The van der Waals surface area contributed by atoms with Crippen LogP contribution in [0.4, 0.5) is 4.79 Å². The van der Waals surface area contributed by atoms with Gasteiger partial charge in [0.1, 0.15) is 12.7 Å². The molecule has 0 saturated carbocycles. The Labute approximate surface area is 139 Å². The van der Waals surface area contributed by atoms with Crippen LogP contribution in [0.2, 0.25) is 0 Å². The van der Waals surface area contributed by atoms with E-state index in [1.54, 1.807) is 7.11 Å². The Balaban J connectivity index is 2.39. The molecule has 0 aromatic carbocycles. The second-order valence-electron chi connectivity index (χ2n) is 4.55. The van der Waals surface area contributed by atoms with Crippen LogP contribution in [-0.2, 0) is 23.7 Å². The van der Waals surface area contributed by atoms with Crippen molar-refractivity contribution in [3.05, 3.63) is 12.1 Å². The van der Waals surface area contributed by atoms with Gasteiger partial charge in [-0.05, 0) is 0 Å². The summed E-state index contributed by atoms with van der Waals surface area (Å²) in [7, 11) is 3.10. The van der Waals surface area contributed by atoms with Crippen LogP contribution in [0.15, 0.2) is 12.1 Å². The van der Waals surface area contributed by atoms with Crippen molar-refractivity contribution < 1.29 is 43.5 Å². The Morgan fingerprint density at radius 3 is 2.29 bits per heavy atom. The van der Waals surface area contributed by atoms with Gasteiger partial charge in [-0.2, -0.15) is 0 Å².